The molecule has 2 aliphatic carbocycles. The normalized spacial score (nSPS) is 18.5. The number of aromatic nitrogens is 2. The summed E-state index contributed by atoms with van der Waals surface area (Å²) >= 11 is 0. The highest BCUT2D eigenvalue weighted by Gasteiger charge is 2.24. The zero-order valence-corrected chi connectivity index (χ0v) is 12.9. The minimum absolute atomic E-state index is 0.792. The third kappa shape index (κ3) is 3.57. The van der Waals surface area contributed by atoms with Crippen molar-refractivity contribution in [1.29, 1.82) is 0 Å². The summed E-state index contributed by atoms with van der Waals surface area (Å²) in [7, 11) is 0. The van der Waals surface area contributed by atoms with E-state index >= 15 is 0 Å². The zero-order chi connectivity index (χ0) is 13.9. The summed E-state index contributed by atoms with van der Waals surface area (Å²) in [6, 6.07) is 0.792. The van der Waals surface area contributed by atoms with Gasteiger partial charge in [0.2, 0.25) is 0 Å². The standard InChI is InChI=1S/C17H27N3/c1-3-15-14(9-10-18-13-7-8-13)16(4-2)20-17(19-15)11-12-5-6-12/h12-13,18H,3-11H2,1-2H3. The second kappa shape index (κ2) is 6.21. The molecule has 110 valence electrons. The lowest BCUT2D eigenvalue weighted by Gasteiger charge is -2.14. The summed E-state index contributed by atoms with van der Waals surface area (Å²) in [5.41, 5.74) is 4.01. The van der Waals surface area contributed by atoms with Crippen molar-refractivity contribution in [3.63, 3.8) is 0 Å². The number of nitrogens with one attached hydrogen (secondary N) is 1. The summed E-state index contributed by atoms with van der Waals surface area (Å²) in [4.78, 5) is 9.71. The smallest absolute Gasteiger partial charge is 0.129 e. The predicted molar refractivity (Wildman–Crippen MR) is 81.9 cm³/mol. The van der Waals surface area contributed by atoms with Crippen LogP contribution in [-0.4, -0.2) is 22.6 Å². The van der Waals surface area contributed by atoms with Gasteiger partial charge in [0.1, 0.15) is 5.82 Å². The summed E-state index contributed by atoms with van der Waals surface area (Å²) in [5, 5.41) is 3.61. The van der Waals surface area contributed by atoms with Gasteiger partial charge >= 0.3 is 0 Å². The number of aryl methyl sites for hydroxylation is 2. The lowest BCUT2D eigenvalue weighted by Crippen LogP contribution is -2.21. The summed E-state index contributed by atoms with van der Waals surface area (Å²) < 4.78 is 0. The molecule has 0 amide bonds. The van der Waals surface area contributed by atoms with Gasteiger partial charge in [-0.25, -0.2) is 9.97 Å². The van der Waals surface area contributed by atoms with Gasteiger partial charge in [-0.15, -0.1) is 0 Å². The molecule has 1 aromatic rings. The molecule has 1 N–H and O–H groups in total. The van der Waals surface area contributed by atoms with Crippen LogP contribution in [0.4, 0.5) is 0 Å². The Morgan fingerprint density at radius 2 is 1.65 bits per heavy atom. The fourth-order valence-corrected chi connectivity index (χ4v) is 2.87. The van der Waals surface area contributed by atoms with Crippen LogP contribution in [0.15, 0.2) is 0 Å². The van der Waals surface area contributed by atoms with E-state index in [1.54, 1.807) is 0 Å². The molecule has 1 aromatic heterocycles. The van der Waals surface area contributed by atoms with E-state index in [4.69, 9.17) is 9.97 Å². The molecule has 0 spiro atoms. The van der Waals surface area contributed by atoms with Gasteiger partial charge in [0.25, 0.3) is 0 Å². The van der Waals surface area contributed by atoms with Gasteiger partial charge in [0.05, 0.1) is 0 Å². The minimum Gasteiger partial charge on any atom is -0.314 e. The summed E-state index contributed by atoms with van der Waals surface area (Å²) in [6.07, 6.45) is 9.72. The average Bonchev–Trinajstić information content (AvgIpc) is 3.34. The van der Waals surface area contributed by atoms with E-state index in [-0.39, 0.29) is 0 Å². The van der Waals surface area contributed by atoms with Crippen LogP contribution in [0.5, 0.6) is 0 Å². The molecule has 2 fully saturated rings. The van der Waals surface area contributed by atoms with Crippen molar-refractivity contribution < 1.29 is 0 Å². The Morgan fingerprint density at radius 3 is 2.15 bits per heavy atom. The number of nitrogens with zero attached hydrogens (tertiary/aromatic N) is 2. The highest BCUT2D eigenvalue weighted by atomic mass is 14.9. The van der Waals surface area contributed by atoms with Crippen LogP contribution in [0.25, 0.3) is 0 Å². The van der Waals surface area contributed by atoms with Crippen LogP contribution < -0.4 is 5.32 Å². The first-order chi connectivity index (χ1) is 9.80. The lowest BCUT2D eigenvalue weighted by molar-refractivity contribution is 0.664. The van der Waals surface area contributed by atoms with Crippen LogP contribution in [0.1, 0.15) is 62.3 Å². The molecule has 1 heterocycles. The predicted octanol–water partition coefficient (Wildman–Crippen LogP) is 2.85. The fourth-order valence-electron chi connectivity index (χ4n) is 2.87. The molecule has 3 heteroatoms. The van der Waals surface area contributed by atoms with E-state index in [9.17, 15) is 0 Å². The summed E-state index contributed by atoms with van der Waals surface area (Å²) in [6.45, 7) is 5.52. The molecule has 0 aliphatic heterocycles. The van der Waals surface area contributed by atoms with Gasteiger partial charge in [-0.3, -0.25) is 0 Å². The molecule has 0 aromatic carbocycles. The number of hydrogen-bond donors (Lipinski definition) is 1. The van der Waals surface area contributed by atoms with E-state index in [2.05, 4.69) is 19.2 Å². The molecular weight excluding hydrogens is 246 g/mol. The summed E-state index contributed by atoms with van der Waals surface area (Å²) in [5.74, 6) is 1.96. The molecule has 2 aliphatic rings. The topological polar surface area (TPSA) is 37.8 Å². The van der Waals surface area contributed by atoms with E-state index < -0.39 is 0 Å². The third-order valence-electron chi connectivity index (χ3n) is 4.45. The van der Waals surface area contributed by atoms with Crippen molar-refractivity contribution in [2.24, 2.45) is 5.92 Å². The second-order valence-electron chi connectivity index (χ2n) is 6.34. The zero-order valence-electron chi connectivity index (χ0n) is 12.9. The first kappa shape index (κ1) is 14.0. The van der Waals surface area contributed by atoms with E-state index in [1.807, 2.05) is 0 Å². The maximum atomic E-state index is 4.85. The Hall–Kier alpha value is -0.960. The average molecular weight is 273 g/mol. The van der Waals surface area contributed by atoms with Gasteiger partial charge in [-0.05, 0) is 63.0 Å². The SMILES string of the molecule is CCc1nc(CC2CC2)nc(CC)c1CCNC1CC1. The Bertz CT molecular complexity index is 436. The molecule has 0 radical (unpaired) electrons. The van der Waals surface area contributed by atoms with Crippen LogP contribution in [0, 0.1) is 5.92 Å². The maximum Gasteiger partial charge on any atom is 0.129 e. The Labute approximate surface area is 122 Å². The Kier molecular flexibility index (Phi) is 4.35. The molecule has 2 saturated carbocycles. The number of rotatable bonds is 8. The third-order valence-corrected chi connectivity index (χ3v) is 4.45. The fraction of sp³-hybridized carbons (Fsp3) is 0.765. The van der Waals surface area contributed by atoms with Gasteiger partial charge in [0, 0.05) is 23.9 Å². The van der Waals surface area contributed by atoms with E-state index in [0.717, 1.165) is 50.0 Å². The van der Waals surface area contributed by atoms with Crippen molar-refractivity contribution in [3.8, 4) is 0 Å². The minimum atomic E-state index is 0.792. The highest BCUT2D eigenvalue weighted by molar-refractivity contribution is 5.27. The Balaban J connectivity index is 1.73. The molecule has 3 rings (SSSR count). The van der Waals surface area contributed by atoms with E-state index in [0.29, 0.717) is 0 Å². The van der Waals surface area contributed by atoms with Gasteiger partial charge in [-0.1, -0.05) is 13.8 Å². The first-order valence-electron chi connectivity index (χ1n) is 8.41. The maximum absolute atomic E-state index is 4.85. The lowest BCUT2D eigenvalue weighted by atomic mass is 10.0. The van der Waals surface area contributed by atoms with Gasteiger partial charge in [-0.2, -0.15) is 0 Å². The Morgan fingerprint density at radius 1 is 1.00 bits per heavy atom. The molecule has 3 nitrogen and oxygen atoms in total. The van der Waals surface area contributed by atoms with E-state index in [1.165, 1.54) is 42.6 Å². The molecule has 0 unspecified atom stereocenters. The van der Waals surface area contributed by atoms with Crippen molar-refractivity contribution in [1.82, 2.24) is 15.3 Å². The molecule has 20 heavy (non-hydrogen) atoms. The largest absolute Gasteiger partial charge is 0.314 e. The van der Waals surface area contributed by atoms with Crippen LogP contribution >= 0.6 is 0 Å². The van der Waals surface area contributed by atoms with Crippen molar-refractivity contribution in [3.05, 3.63) is 22.8 Å². The van der Waals surface area contributed by atoms with Crippen LogP contribution in [-0.2, 0) is 25.7 Å². The monoisotopic (exact) mass is 273 g/mol. The van der Waals surface area contributed by atoms with Crippen molar-refractivity contribution in [2.75, 3.05) is 6.54 Å². The molecule has 0 atom stereocenters. The quantitative estimate of drug-likeness (QED) is 0.791. The molecule has 0 bridgehead atoms. The van der Waals surface area contributed by atoms with Crippen LogP contribution in [0.3, 0.4) is 0 Å². The van der Waals surface area contributed by atoms with Gasteiger partial charge < -0.3 is 5.32 Å². The van der Waals surface area contributed by atoms with Crippen LogP contribution in [0.2, 0.25) is 0 Å². The highest BCUT2D eigenvalue weighted by Crippen LogP contribution is 2.32. The molecular formula is C17H27N3. The first-order valence-corrected chi connectivity index (χ1v) is 8.41. The second-order valence-corrected chi connectivity index (χ2v) is 6.34. The van der Waals surface area contributed by atoms with Crippen molar-refractivity contribution in [2.45, 2.75) is 71.3 Å². The number of hydrogen-bond acceptors (Lipinski definition) is 3. The molecule has 0 saturated heterocycles. The van der Waals surface area contributed by atoms with Gasteiger partial charge in [0.15, 0.2) is 0 Å². The van der Waals surface area contributed by atoms with Crippen molar-refractivity contribution >= 4 is 0 Å².